The van der Waals surface area contributed by atoms with Gasteiger partial charge in [0.05, 0.1) is 5.69 Å². The first-order valence-electron chi connectivity index (χ1n) is 6.08. The van der Waals surface area contributed by atoms with E-state index in [1.165, 1.54) is 6.07 Å². The number of aryl methyl sites for hydroxylation is 1. The van der Waals surface area contributed by atoms with Crippen LogP contribution in [0.3, 0.4) is 0 Å². The molecule has 106 valence electrons. The Bertz CT molecular complexity index is 820. The number of benzene rings is 1. The maximum Gasteiger partial charge on any atom is 0.382 e. The second kappa shape index (κ2) is 5.08. The van der Waals surface area contributed by atoms with Gasteiger partial charge in [-0.05, 0) is 23.4 Å². The van der Waals surface area contributed by atoms with E-state index >= 15 is 0 Å². The second-order valence-corrected chi connectivity index (χ2v) is 4.32. The first kappa shape index (κ1) is 12.9. The SMILES string of the molecule is Cn1cc(NC=O)cc1C(=O)On1nnc2ccccc21. The van der Waals surface area contributed by atoms with E-state index in [1.807, 2.05) is 6.07 Å². The molecule has 8 nitrogen and oxygen atoms in total. The first-order valence-corrected chi connectivity index (χ1v) is 6.08. The van der Waals surface area contributed by atoms with Crippen molar-refractivity contribution in [3.8, 4) is 0 Å². The third-order valence-electron chi connectivity index (χ3n) is 2.93. The fourth-order valence-corrected chi connectivity index (χ4v) is 1.95. The maximum atomic E-state index is 12.1. The zero-order chi connectivity index (χ0) is 14.8. The summed E-state index contributed by atoms with van der Waals surface area (Å²) in [6, 6.07) is 8.63. The number of carbonyl (C=O) groups is 2. The van der Waals surface area contributed by atoms with Crippen LogP contribution in [0.4, 0.5) is 5.69 Å². The quantitative estimate of drug-likeness (QED) is 0.560. The van der Waals surface area contributed by atoms with Gasteiger partial charge in [0.2, 0.25) is 6.41 Å². The monoisotopic (exact) mass is 285 g/mol. The molecule has 0 spiro atoms. The molecule has 0 unspecified atom stereocenters. The van der Waals surface area contributed by atoms with E-state index in [1.54, 1.807) is 36.0 Å². The standard InChI is InChI=1S/C13H11N5O3/c1-17-7-9(14-8-19)6-12(17)13(20)21-18-11-5-3-2-4-10(11)15-16-18/h2-8H,1H3,(H,14,19). The topological polar surface area (TPSA) is 91.0 Å². The zero-order valence-electron chi connectivity index (χ0n) is 11.1. The lowest BCUT2D eigenvalue weighted by molar-refractivity contribution is -0.105. The molecule has 0 aliphatic rings. The highest BCUT2D eigenvalue weighted by Crippen LogP contribution is 2.13. The van der Waals surface area contributed by atoms with Gasteiger partial charge in [0.1, 0.15) is 16.7 Å². The first-order chi connectivity index (χ1) is 10.2. The second-order valence-electron chi connectivity index (χ2n) is 4.32. The molecular formula is C13H11N5O3. The van der Waals surface area contributed by atoms with Crippen LogP contribution < -0.4 is 10.2 Å². The number of aromatic nitrogens is 4. The molecule has 3 rings (SSSR count). The number of para-hydroxylation sites is 1. The zero-order valence-corrected chi connectivity index (χ0v) is 11.1. The summed E-state index contributed by atoms with van der Waals surface area (Å²) in [6.45, 7) is 0. The minimum atomic E-state index is -0.605. The lowest BCUT2D eigenvalue weighted by atomic mass is 10.3. The molecule has 0 aliphatic carbocycles. The lowest BCUT2D eigenvalue weighted by Gasteiger charge is -2.03. The number of fused-ring (bicyclic) bond motifs is 1. The van der Waals surface area contributed by atoms with Gasteiger partial charge in [-0.3, -0.25) is 4.79 Å². The maximum absolute atomic E-state index is 12.1. The number of rotatable bonds is 4. The molecule has 1 N–H and O–H groups in total. The van der Waals surface area contributed by atoms with E-state index in [9.17, 15) is 9.59 Å². The Morgan fingerprint density at radius 2 is 2.19 bits per heavy atom. The predicted molar refractivity (Wildman–Crippen MR) is 73.5 cm³/mol. The van der Waals surface area contributed by atoms with Gasteiger partial charge < -0.3 is 14.7 Å². The number of nitrogens with one attached hydrogen (secondary N) is 1. The number of anilines is 1. The number of nitrogens with zero attached hydrogens (tertiary/aromatic N) is 4. The molecule has 0 saturated carbocycles. The van der Waals surface area contributed by atoms with Gasteiger partial charge in [0.15, 0.2) is 0 Å². The Balaban J connectivity index is 1.87. The van der Waals surface area contributed by atoms with E-state index in [0.717, 1.165) is 4.85 Å². The van der Waals surface area contributed by atoms with Crippen LogP contribution in [0.15, 0.2) is 36.5 Å². The van der Waals surface area contributed by atoms with Gasteiger partial charge in [-0.25, -0.2) is 4.79 Å². The summed E-state index contributed by atoms with van der Waals surface area (Å²) in [7, 11) is 1.67. The Labute approximate surface area is 118 Å². The van der Waals surface area contributed by atoms with Gasteiger partial charge in [-0.1, -0.05) is 17.0 Å². The highest BCUT2D eigenvalue weighted by Gasteiger charge is 2.16. The van der Waals surface area contributed by atoms with Crippen molar-refractivity contribution >= 4 is 29.1 Å². The molecule has 2 heterocycles. The summed E-state index contributed by atoms with van der Waals surface area (Å²) in [5, 5.41) is 10.1. The molecule has 1 aromatic carbocycles. The third-order valence-corrected chi connectivity index (χ3v) is 2.93. The number of carbonyl (C=O) groups excluding carboxylic acids is 2. The minimum absolute atomic E-state index is 0.277. The van der Waals surface area contributed by atoms with Crippen LogP contribution >= 0.6 is 0 Å². The van der Waals surface area contributed by atoms with Crippen molar-refractivity contribution in [2.75, 3.05) is 5.32 Å². The van der Waals surface area contributed by atoms with Crippen molar-refractivity contribution in [2.24, 2.45) is 7.05 Å². The van der Waals surface area contributed by atoms with Gasteiger partial charge in [-0.15, -0.1) is 5.10 Å². The van der Waals surface area contributed by atoms with Crippen LogP contribution in [0.5, 0.6) is 0 Å². The van der Waals surface area contributed by atoms with Crippen LogP contribution in [0, 0.1) is 0 Å². The van der Waals surface area contributed by atoms with E-state index in [-0.39, 0.29) is 5.69 Å². The molecule has 0 atom stereocenters. The minimum Gasteiger partial charge on any atom is -0.343 e. The van der Waals surface area contributed by atoms with Gasteiger partial charge in [0, 0.05) is 13.2 Å². The van der Waals surface area contributed by atoms with Crippen LogP contribution in [-0.4, -0.2) is 32.1 Å². The normalized spacial score (nSPS) is 10.5. The van der Waals surface area contributed by atoms with Crippen molar-refractivity contribution in [1.29, 1.82) is 0 Å². The van der Waals surface area contributed by atoms with E-state index < -0.39 is 5.97 Å². The molecule has 8 heteroatoms. The fourth-order valence-electron chi connectivity index (χ4n) is 1.95. The molecule has 1 amide bonds. The van der Waals surface area contributed by atoms with Crippen LogP contribution in [0.2, 0.25) is 0 Å². The Morgan fingerprint density at radius 3 is 3.00 bits per heavy atom. The van der Waals surface area contributed by atoms with Crippen molar-refractivity contribution in [2.45, 2.75) is 0 Å². The van der Waals surface area contributed by atoms with Crippen LogP contribution in [0.1, 0.15) is 10.5 Å². The van der Waals surface area contributed by atoms with E-state index in [0.29, 0.717) is 23.1 Å². The molecule has 0 fully saturated rings. The molecular weight excluding hydrogens is 274 g/mol. The van der Waals surface area contributed by atoms with E-state index in [4.69, 9.17) is 4.84 Å². The highest BCUT2D eigenvalue weighted by molar-refractivity contribution is 5.90. The molecule has 0 radical (unpaired) electrons. The largest absolute Gasteiger partial charge is 0.382 e. The average Bonchev–Trinajstić information content (AvgIpc) is 3.04. The summed E-state index contributed by atoms with van der Waals surface area (Å²) in [4.78, 5) is 28.8. The van der Waals surface area contributed by atoms with E-state index in [2.05, 4.69) is 15.6 Å². The van der Waals surface area contributed by atoms with Crippen molar-refractivity contribution in [3.05, 3.63) is 42.2 Å². The molecule has 0 bridgehead atoms. The lowest BCUT2D eigenvalue weighted by Crippen LogP contribution is -2.22. The molecule has 0 saturated heterocycles. The van der Waals surface area contributed by atoms with Crippen molar-refractivity contribution in [3.63, 3.8) is 0 Å². The summed E-state index contributed by atoms with van der Waals surface area (Å²) >= 11 is 0. The summed E-state index contributed by atoms with van der Waals surface area (Å²) in [6.07, 6.45) is 2.14. The number of amides is 1. The summed E-state index contributed by atoms with van der Waals surface area (Å²) in [5.74, 6) is -0.605. The number of hydrogen-bond acceptors (Lipinski definition) is 5. The fraction of sp³-hybridized carbons (Fsp3) is 0.0769. The Hall–Kier alpha value is -3.16. The van der Waals surface area contributed by atoms with Crippen molar-refractivity contribution in [1.82, 2.24) is 19.7 Å². The summed E-state index contributed by atoms with van der Waals surface area (Å²) < 4.78 is 1.55. The predicted octanol–water partition coefficient (Wildman–Crippen LogP) is 0.607. The molecule has 3 aromatic rings. The average molecular weight is 285 g/mol. The number of hydrogen-bond donors (Lipinski definition) is 1. The molecule has 21 heavy (non-hydrogen) atoms. The summed E-state index contributed by atoms with van der Waals surface area (Å²) in [5.41, 5.74) is 1.99. The Morgan fingerprint density at radius 1 is 1.38 bits per heavy atom. The van der Waals surface area contributed by atoms with Gasteiger partial charge in [-0.2, -0.15) is 0 Å². The van der Waals surface area contributed by atoms with Crippen molar-refractivity contribution < 1.29 is 14.4 Å². The van der Waals surface area contributed by atoms with Gasteiger partial charge >= 0.3 is 5.97 Å². The van der Waals surface area contributed by atoms with Crippen LogP contribution in [0.25, 0.3) is 11.0 Å². The Kier molecular flexibility index (Phi) is 3.11. The highest BCUT2D eigenvalue weighted by atomic mass is 16.7. The van der Waals surface area contributed by atoms with Crippen LogP contribution in [-0.2, 0) is 11.8 Å². The smallest absolute Gasteiger partial charge is 0.343 e. The molecule has 0 aliphatic heterocycles. The van der Waals surface area contributed by atoms with Gasteiger partial charge in [0.25, 0.3) is 0 Å². The molecule has 2 aromatic heterocycles. The third kappa shape index (κ3) is 2.34.